The predicted octanol–water partition coefficient (Wildman–Crippen LogP) is 5.30. The molecule has 2 amide bonds. The molecule has 1 saturated carbocycles. The molecule has 0 bridgehead atoms. The second kappa shape index (κ2) is 9.40. The molecule has 0 saturated heterocycles. The number of hydrogen-bond acceptors (Lipinski definition) is 4. The van der Waals surface area contributed by atoms with Crippen molar-refractivity contribution in [3.05, 3.63) is 87.6 Å². The Morgan fingerprint density at radius 1 is 1.06 bits per heavy atom. The van der Waals surface area contributed by atoms with Gasteiger partial charge in [-0.25, -0.2) is 0 Å². The van der Waals surface area contributed by atoms with Crippen LogP contribution in [0.1, 0.15) is 64.0 Å². The fraction of sp³-hybridized carbons (Fsp3) is 0.333. The van der Waals surface area contributed by atoms with E-state index in [-0.39, 0.29) is 23.9 Å². The van der Waals surface area contributed by atoms with E-state index in [1.54, 1.807) is 18.4 Å². The van der Waals surface area contributed by atoms with E-state index in [1.165, 1.54) is 0 Å². The zero-order chi connectivity index (χ0) is 22.8. The van der Waals surface area contributed by atoms with Gasteiger partial charge in [-0.15, -0.1) is 11.3 Å². The summed E-state index contributed by atoms with van der Waals surface area (Å²) in [7, 11) is 1.64. The largest absolute Gasteiger partial charge is 0.497 e. The molecule has 1 aliphatic carbocycles. The smallest absolute Gasteiger partial charge is 0.254 e. The highest BCUT2D eigenvalue weighted by Crippen LogP contribution is 2.47. The highest BCUT2D eigenvalue weighted by atomic mass is 32.1. The summed E-state index contributed by atoms with van der Waals surface area (Å²) in [5, 5.41) is 5.18. The van der Waals surface area contributed by atoms with Gasteiger partial charge < -0.3 is 15.0 Å². The van der Waals surface area contributed by atoms with Gasteiger partial charge in [-0.3, -0.25) is 9.59 Å². The number of carbonyl (C=O) groups is 2. The zero-order valence-corrected chi connectivity index (χ0v) is 19.5. The minimum atomic E-state index is -0.448. The van der Waals surface area contributed by atoms with E-state index in [0.717, 1.165) is 47.4 Å². The quantitative estimate of drug-likeness (QED) is 0.543. The fourth-order valence-electron chi connectivity index (χ4n) is 5.22. The molecule has 5 rings (SSSR count). The molecule has 33 heavy (non-hydrogen) atoms. The third-order valence-corrected chi connectivity index (χ3v) is 7.78. The van der Waals surface area contributed by atoms with Gasteiger partial charge in [-0.2, -0.15) is 0 Å². The van der Waals surface area contributed by atoms with Crippen molar-refractivity contribution in [2.24, 2.45) is 0 Å². The van der Waals surface area contributed by atoms with E-state index in [2.05, 4.69) is 11.4 Å². The van der Waals surface area contributed by atoms with Crippen LogP contribution in [0.5, 0.6) is 5.75 Å². The molecule has 2 heterocycles. The lowest BCUT2D eigenvalue weighted by Crippen LogP contribution is -2.50. The number of nitrogens with one attached hydrogen (secondary N) is 1. The summed E-state index contributed by atoms with van der Waals surface area (Å²) in [5.74, 6) is 0.341. The average molecular weight is 461 g/mol. The average Bonchev–Trinajstić information content (AvgIpc) is 3.57. The predicted molar refractivity (Wildman–Crippen MR) is 130 cm³/mol. The summed E-state index contributed by atoms with van der Waals surface area (Å²) < 4.78 is 5.23. The van der Waals surface area contributed by atoms with Gasteiger partial charge in [0.2, 0.25) is 5.91 Å². The molecule has 170 valence electrons. The first-order valence-electron chi connectivity index (χ1n) is 11.5. The van der Waals surface area contributed by atoms with Gasteiger partial charge in [0.1, 0.15) is 5.75 Å². The Hall–Kier alpha value is -3.12. The third-order valence-electron chi connectivity index (χ3n) is 6.84. The van der Waals surface area contributed by atoms with Gasteiger partial charge in [0.25, 0.3) is 5.91 Å². The molecule has 6 heteroatoms. The first-order chi connectivity index (χ1) is 16.2. The molecule has 0 spiro atoms. The summed E-state index contributed by atoms with van der Waals surface area (Å²) in [6.45, 7) is 0.427. The van der Waals surface area contributed by atoms with Crippen LogP contribution in [-0.2, 0) is 11.3 Å². The molecule has 0 unspecified atom stereocenters. The van der Waals surface area contributed by atoms with Gasteiger partial charge in [0.05, 0.1) is 19.1 Å². The highest BCUT2D eigenvalue weighted by molar-refractivity contribution is 7.10. The van der Waals surface area contributed by atoms with Crippen molar-refractivity contribution >= 4 is 23.2 Å². The standard InChI is InChI=1S/C27H28N2O3S/c1-32-20-14-12-18(13-15-20)17-28-26(30)24-21-9-4-5-10-22(21)27(31)29(19-7-2-3-8-19)25(24)23-11-6-16-33-23/h4-6,9-16,19,24-25H,2-3,7-8,17H2,1H3,(H,28,30)/t24-,25-/m0/s1. The number of nitrogens with zero attached hydrogens (tertiary/aromatic N) is 1. The van der Waals surface area contributed by atoms with Crippen molar-refractivity contribution in [3.8, 4) is 5.75 Å². The number of rotatable bonds is 6. The van der Waals surface area contributed by atoms with Gasteiger partial charge in [0, 0.05) is 23.0 Å². The molecule has 2 atom stereocenters. The summed E-state index contributed by atoms with van der Waals surface area (Å²) in [6, 6.07) is 19.3. The molecule has 1 aliphatic heterocycles. The van der Waals surface area contributed by atoms with E-state index in [1.807, 2.05) is 64.9 Å². The van der Waals surface area contributed by atoms with Crippen LogP contribution in [0, 0.1) is 0 Å². The fourth-order valence-corrected chi connectivity index (χ4v) is 6.08. The number of ether oxygens (including phenoxy) is 1. The third kappa shape index (κ3) is 4.15. The molecule has 1 N–H and O–H groups in total. The van der Waals surface area contributed by atoms with Crippen molar-refractivity contribution in [1.29, 1.82) is 0 Å². The number of fused-ring (bicyclic) bond motifs is 1. The summed E-state index contributed by atoms with van der Waals surface area (Å²) in [6.07, 6.45) is 4.25. The molecule has 2 aliphatic rings. The van der Waals surface area contributed by atoms with Crippen LogP contribution in [0.3, 0.4) is 0 Å². The van der Waals surface area contributed by atoms with E-state index < -0.39 is 5.92 Å². The molecule has 5 nitrogen and oxygen atoms in total. The molecule has 1 aromatic heterocycles. The minimum Gasteiger partial charge on any atom is -0.497 e. The van der Waals surface area contributed by atoms with Crippen LogP contribution >= 0.6 is 11.3 Å². The van der Waals surface area contributed by atoms with Crippen LogP contribution < -0.4 is 10.1 Å². The van der Waals surface area contributed by atoms with Crippen molar-refractivity contribution in [2.45, 2.75) is 50.2 Å². The number of thiophene rings is 1. The molecule has 3 aromatic rings. The van der Waals surface area contributed by atoms with Crippen LogP contribution in [0.25, 0.3) is 0 Å². The topological polar surface area (TPSA) is 58.6 Å². The van der Waals surface area contributed by atoms with Crippen molar-refractivity contribution in [1.82, 2.24) is 10.2 Å². The number of benzene rings is 2. The van der Waals surface area contributed by atoms with E-state index in [4.69, 9.17) is 4.74 Å². The van der Waals surface area contributed by atoms with Crippen molar-refractivity contribution in [2.75, 3.05) is 7.11 Å². The lowest BCUT2D eigenvalue weighted by atomic mass is 9.80. The maximum atomic E-state index is 13.8. The Morgan fingerprint density at radius 3 is 2.52 bits per heavy atom. The maximum absolute atomic E-state index is 13.8. The van der Waals surface area contributed by atoms with Gasteiger partial charge in [-0.1, -0.05) is 49.2 Å². The number of amides is 2. The van der Waals surface area contributed by atoms with E-state index >= 15 is 0 Å². The first-order valence-corrected chi connectivity index (χ1v) is 12.4. The second-order valence-corrected chi connectivity index (χ2v) is 9.72. The van der Waals surface area contributed by atoms with Crippen LogP contribution in [0.15, 0.2) is 66.0 Å². The Kier molecular flexibility index (Phi) is 6.18. The zero-order valence-electron chi connectivity index (χ0n) is 18.7. The molecule has 2 aromatic carbocycles. The summed E-state index contributed by atoms with van der Waals surface area (Å²) in [4.78, 5) is 30.6. The van der Waals surface area contributed by atoms with Gasteiger partial charge >= 0.3 is 0 Å². The second-order valence-electron chi connectivity index (χ2n) is 8.74. The van der Waals surface area contributed by atoms with Gasteiger partial charge in [-0.05, 0) is 53.6 Å². The Balaban J connectivity index is 1.51. The van der Waals surface area contributed by atoms with Crippen LogP contribution in [0.4, 0.5) is 0 Å². The number of methoxy groups -OCH3 is 1. The number of hydrogen-bond donors (Lipinski definition) is 1. The summed E-state index contributed by atoms with van der Waals surface area (Å²) >= 11 is 1.62. The van der Waals surface area contributed by atoms with Crippen molar-refractivity contribution in [3.63, 3.8) is 0 Å². The number of carbonyl (C=O) groups excluding carboxylic acids is 2. The van der Waals surface area contributed by atoms with Crippen LogP contribution in [-0.4, -0.2) is 29.9 Å². The Labute approximate surface area is 198 Å². The van der Waals surface area contributed by atoms with Crippen molar-refractivity contribution < 1.29 is 14.3 Å². The Bertz CT molecular complexity index is 1120. The van der Waals surface area contributed by atoms with Gasteiger partial charge in [0.15, 0.2) is 0 Å². The summed E-state index contributed by atoms with van der Waals surface area (Å²) in [5.41, 5.74) is 2.48. The maximum Gasteiger partial charge on any atom is 0.254 e. The monoisotopic (exact) mass is 460 g/mol. The molecule has 1 fully saturated rings. The minimum absolute atomic E-state index is 0.0489. The molecular weight excluding hydrogens is 432 g/mol. The van der Waals surface area contributed by atoms with E-state index in [9.17, 15) is 9.59 Å². The van der Waals surface area contributed by atoms with E-state index in [0.29, 0.717) is 12.1 Å². The SMILES string of the molecule is COc1ccc(CNC(=O)[C@H]2c3ccccc3C(=O)N(C3CCCC3)[C@H]2c2cccs2)cc1. The normalized spacial score (nSPS) is 20.5. The lowest BCUT2D eigenvalue weighted by molar-refractivity contribution is -0.124. The lowest BCUT2D eigenvalue weighted by Gasteiger charge is -2.44. The molecular formula is C27H28N2O3S. The molecule has 0 radical (unpaired) electrons. The Morgan fingerprint density at radius 2 is 1.82 bits per heavy atom. The van der Waals surface area contributed by atoms with Crippen LogP contribution in [0.2, 0.25) is 0 Å². The first kappa shape index (κ1) is 21.7. The highest BCUT2D eigenvalue weighted by Gasteiger charge is 2.47.